The van der Waals surface area contributed by atoms with E-state index in [2.05, 4.69) is 10.3 Å². The zero-order chi connectivity index (χ0) is 14.6. The van der Waals surface area contributed by atoms with E-state index in [1.165, 1.54) is 11.8 Å². The summed E-state index contributed by atoms with van der Waals surface area (Å²) in [4.78, 5) is 16.0. The van der Waals surface area contributed by atoms with Crippen LogP contribution >= 0.6 is 23.1 Å². The number of sulfone groups is 1. The minimum absolute atomic E-state index is 0.0372. The van der Waals surface area contributed by atoms with Crippen LogP contribution in [0.2, 0.25) is 0 Å². The van der Waals surface area contributed by atoms with Crippen LogP contribution in [0, 0.1) is 0 Å². The molecule has 0 aliphatic rings. The first-order valence-electron chi connectivity index (χ1n) is 5.87. The standard InChI is InChI=1S/C12H14N2O3S3/c1-20(16,17)7-6-13-11(15)8-18-12-14-9-4-2-3-5-10(9)19-12/h2-5H,6-8H2,1H3,(H,13,15). The molecule has 5 nitrogen and oxygen atoms in total. The van der Waals surface area contributed by atoms with Crippen molar-refractivity contribution in [2.75, 3.05) is 24.3 Å². The Labute approximate surface area is 125 Å². The molecule has 0 atom stereocenters. The molecule has 20 heavy (non-hydrogen) atoms. The van der Waals surface area contributed by atoms with E-state index in [4.69, 9.17) is 0 Å². The fraction of sp³-hybridized carbons (Fsp3) is 0.333. The summed E-state index contributed by atoms with van der Waals surface area (Å²) in [5.74, 6) is 0.0200. The van der Waals surface area contributed by atoms with Gasteiger partial charge in [-0.05, 0) is 12.1 Å². The van der Waals surface area contributed by atoms with E-state index in [9.17, 15) is 13.2 Å². The van der Waals surface area contributed by atoms with Gasteiger partial charge < -0.3 is 5.32 Å². The number of aromatic nitrogens is 1. The highest BCUT2D eigenvalue weighted by atomic mass is 32.2. The minimum Gasteiger partial charge on any atom is -0.354 e. The summed E-state index contributed by atoms with van der Waals surface area (Å²) in [7, 11) is -3.04. The average molecular weight is 330 g/mol. The van der Waals surface area contributed by atoms with Crippen molar-refractivity contribution in [1.29, 1.82) is 0 Å². The van der Waals surface area contributed by atoms with Gasteiger partial charge in [0.05, 0.1) is 21.7 Å². The fourth-order valence-corrected chi connectivity index (χ4v) is 3.84. The number of nitrogens with zero attached hydrogens (tertiary/aromatic N) is 1. The maximum atomic E-state index is 11.6. The average Bonchev–Trinajstić information content (AvgIpc) is 2.77. The molecule has 0 aliphatic heterocycles. The zero-order valence-corrected chi connectivity index (χ0v) is 13.3. The molecule has 8 heteroatoms. The van der Waals surface area contributed by atoms with Gasteiger partial charge in [0.2, 0.25) is 5.91 Å². The van der Waals surface area contributed by atoms with Gasteiger partial charge in [-0.3, -0.25) is 4.79 Å². The third-order valence-corrected chi connectivity index (χ3v) is 5.52. The monoisotopic (exact) mass is 330 g/mol. The van der Waals surface area contributed by atoms with Crippen LogP contribution in [-0.2, 0) is 14.6 Å². The highest BCUT2D eigenvalue weighted by Gasteiger charge is 2.08. The second-order valence-electron chi connectivity index (χ2n) is 4.22. The lowest BCUT2D eigenvalue weighted by Crippen LogP contribution is -2.30. The van der Waals surface area contributed by atoms with Crippen molar-refractivity contribution in [3.8, 4) is 0 Å². The SMILES string of the molecule is CS(=O)(=O)CCNC(=O)CSc1nc2ccccc2s1. The summed E-state index contributed by atoms with van der Waals surface area (Å²) in [5, 5.41) is 2.58. The first kappa shape index (κ1) is 15.3. The summed E-state index contributed by atoms with van der Waals surface area (Å²) >= 11 is 2.90. The molecule has 0 fully saturated rings. The van der Waals surface area contributed by atoms with Crippen LogP contribution in [0.4, 0.5) is 0 Å². The van der Waals surface area contributed by atoms with E-state index in [1.807, 2.05) is 24.3 Å². The number of benzene rings is 1. The summed E-state index contributed by atoms with van der Waals surface area (Å²) in [6.07, 6.45) is 1.15. The molecule has 0 aliphatic carbocycles. The van der Waals surface area contributed by atoms with Crippen LogP contribution in [-0.4, -0.2) is 43.6 Å². The number of thiazole rings is 1. The largest absolute Gasteiger partial charge is 0.354 e. The fourth-order valence-electron chi connectivity index (χ4n) is 1.47. The Hall–Kier alpha value is -1.12. The lowest BCUT2D eigenvalue weighted by atomic mass is 10.3. The number of thioether (sulfide) groups is 1. The third kappa shape index (κ3) is 4.77. The van der Waals surface area contributed by atoms with Crippen LogP contribution in [0.1, 0.15) is 0 Å². The van der Waals surface area contributed by atoms with Crippen molar-refractivity contribution in [1.82, 2.24) is 10.3 Å². The topological polar surface area (TPSA) is 76.1 Å². The molecule has 1 N–H and O–H groups in total. The van der Waals surface area contributed by atoms with Gasteiger partial charge in [0.1, 0.15) is 9.84 Å². The third-order valence-electron chi connectivity index (χ3n) is 2.40. The molecule has 108 valence electrons. The number of fused-ring (bicyclic) bond motifs is 1. The molecule has 1 heterocycles. The van der Waals surface area contributed by atoms with E-state index < -0.39 is 9.84 Å². The molecule has 0 saturated heterocycles. The van der Waals surface area contributed by atoms with Crippen molar-refractivity contribution in [2.45, 2.75) is 4.34 Å². The smallest absolute Gasteiger partial charge is 0.230 e. The molecular formula is C12H14N2O3S3. The van der Waals surface area contributed by atoms with E-state index >= 15 is 0 Å². The number of para-hydroxylation sites is 1. The summed E-state index contributed by atoms with van der Waals surface area (Å²) in [6, 6.07) is 7.80. The molecule has 0 radical (unpaired) electrons. The highest BCUT2D eigenvalue weighted by molar-refractivity contribution is 8.01. The number of rotatable bonds is 6. The van der Waals surface area contributed by atoms with Gasteiger partial charge in [0, 0.05) is 12.8 Å². The van der Waals surface area contributed by atoms with E-state index in [-0.39, 0.29) is 24.0 Å². The Balaban J connectivity index is 1.81. The van der Waals surface area contributed by atoms with Crippen LogP contribution in [0.15, 0.2) is 28.6 Å². The molecule has 2 rings (SSSR count). The van der Waals surface area contributed by atoms with E-state index in [0.717, 1.165) is 20.8 Å². The quantitative estimate of drug-likeness (QED) is 0.813. The Bertz CT molecular complexity index is 677. The second kappa shape index (κ2) is 6.55. The maximum absolute atomic E-state index is 11.6. The van der Waals surface area contributed by atoms with Crippen LogP contribution in [0.3, 0.4) is 0 Å². The number of hydrogen-bond donors (Lipinski definition) is 1. The first-order chi connectivity index (χ1) is 9.44. The van der Waals surface area contributed by atoms with Gasteiger partial charge in [0.15, 0.2) is 4.34 Å². The molecule has 1 aromatic carbocycles. The Morgan fingerprint density at radius 3 is 2.85 bits per heavy atom. The van der Waals surface area contributed by atoms with Gasteiger partial charge in [-0.15, -0.1) is 11.3 Å². The van der Waals surface area contributed by atoms with Crippen LogP contribution in [0.5, 0.6) is 0 Å². The van der Waals surface area contributed by atoms with Crippen molar-refractivity contribution >= 4 is 49.1 Å². The molecular weight excluding hydrogens is 316 g/mol. The van der Waals surface area contributed by atoms with Crippen molar-refractivity contribution < 1.29 is 13.2 Å². The van der Waals surface area contributed by atoms with E-state index in [1.54, 1.807) is 11.3 Å². The van der Waals surface area contributed by atoms with Gasteiger partial charge in [-0.25, -0.2) is 13.4 Å². The predicted octanol–water partition coefficient (Wildman–Crippen LogP) is 1.55. The first-order valence-corrected chi connectivity index (χ1v) is 9.73. The van der Waals surface area contributed by atoms with E-state index in [0.29, 0.717) is 0 Å². The number of nitrogens with one attached hydrogen (secondary N) is 1. The lowest BCUT2D eigenvalue weighted by Gasteiger charge is -2.02. The molecule has 2 aromatic rings. The lowest BCUT2D eigenvalue weighted by molar-refractivity contribution is -0.118. The zero-order valence-electron chi connectivity index (χ0n) is 10.8. The predicted molar refractivity (Wildman–Crippen MR) is 83.1 cm³/mol. The normalized spacial score (nSPS) is 11.7. The highest BCUT2D eigenvalue weighted by Crippen LogP contribution is 2.28. The minimum atomic E-state index is -3.04. The van der Waals surface area contributed by atoms with Gasteiger partial charge in [0.25, 0.3) is 0 Å². The number of amides is 1. The van der Waals surface area contributed by atoms with Gasteiger partial charge >= 0.3 is 0 Å². The summed E-state index contributed by atoms with van der Waals surface area (Å²) in [5.41, 5.74) is 0.928. The summed E-state index contributed by atoms with van der Waals surface area (Å²) in [6.45, 7) is 0.151. The van der Waals surface area contributed by atoms with Crippen molar-refractivity contribution in [3.63, 3.8) is 0 Å². The van der Waals surface area contributed by atoms with Crippen LogP contribution in [0.25, 0.3) is 10.2 Å². The van der Waals surface area contributed by atoms with Gasteiger partial charge in [-0.1, -0.05) is 23.9 Å². The number of hydrogen-bond acceptors (Lipinski definition) is 6. The molecule has 1 aromatic heterocycles. The molecule has 0 bridgehead atoms. The number of carbonyl (C=O) groups excluding carboxylic acids is 1. The molecule has 0 saturated carbocycles. The molecule has 0 unspecified atom stereocenters. The summed E-state index contributed by atoms with van der Waals surface area (Å²) < 4.78 is 23.8. The maximum Gasteiger partial charge on any atom is 0.230 e. The van der Waals surface area contributed by atoms with Crippen molar-refractivity contribution in [3.05, 3.63) is 24.3 Å². The second-order valence-corrected chi connectivity index (χ2v) is 8.73. The Morgan fingerprint density at radius 2 is 2.15 bits per heavy atom. The Morgan fingerprint density at radius 1 is 1.40 bits per heavy atom. The van der Waals surface area contributed by atoms with Crippen LogP contribution < -0.4 is 5.32 Å². The number of carbonyl (C=O) groups is 1. The Kier molecular flexibility index (Phi) is 5.00. The van der Waals surface area contributed by atoms with Crippen molar-refractivity contribution in [2.24, 2.45) is 0 Å². The van der Waals surface area contributed by atoms with Gasteiger partial charge in [-0.2, -0.15) is 0 Å². The molecule has 0 spiro atoms. The molecule has 1 amide bonds.